The van der Waals surface area contributed by atoms with Crippen molar-refractivity contribution in [3.63, 3.8) is 0 Å². The number of aromatic nitrogens is 2. The first-order valence-electron chi connectivity index (χ1n) is 8.41. The molecule has 1 fully saturated rings. The van der Waals surface area contributed by atoms with Gasteiger partial charge in [-0.2, -0.15) is 5.10 Å². The van der Waals surface area contributed by atoms with Gasteiger partial charge in [0.25, 0.3) is 5.91 Å². The van der Waals surface area contributed by atoms with E-state index in [1.807, 2.05) is 11.0 Å². The lowest BCUT2D eigenvalue weighted by atomic mass is 9.99. The zero-order valence-electron chi connectivity index (χ0n) is 13.2. The van der Waals surface area contributed by atoms with E-state index in [1.54, 1.807) is 0 Å². The molecule has 2 N–H and O–H groups in total. The van der Waals surface area contributed by atoms with E-state index >= 15 is 0 Å². The van der Waals surface area contributed by atoms with Crippen LogP contribution in [0, 0.1) is 5.92 Å². The Balaban J connectivity index is 1.43. The lowest BCUT2D eigenvalue weighted by Crippen LogP contribution is -2.31. The van der Waals surface area contributed by atoms with E-state index in [0.29, 0.717) is 11.6 Å². The van der Waals surface area contributed by atoms with Gasteiger partial charge in [0, 0.05) is 43.9 Å². The summed E-state index contributed by atoms with van der Waals surface area (Å²) >= 11 is 0. The summed E-state index contributed by atoms with van der Waals surface area (Å²) < 4.78 is 0. The van der Waals surface area contributed by atoms with Gasteiger partial charge in [0.2, 0.25) is 0 Å². The van der Waals surface area contributed by atoms with Crippen LogP contribution in [0.1, 0.15) is 33.7 Å². The molecular formula is C18H22N4O. The summed E-state index contributed by atoms with van der Waals surface area (Å²) in [5, 5.41) is 10.7. The van der Waals surface area contributed by atoms with Gasteiger partial charge in [0.15, 0.2) is 5.69 Å². The molecule has 0 spiro atoms. The molecule has 1 atom stereocenters. The summed E-state index contributed by atoms with van der Waals surface area (Å²) in [6.45, 7) is 3.37. The highest BCUT2D eigenvalue weighted by molar-refractivity contribution is 5.94. The van der Waals surface area contributed by atoms with Crippen LogP contribution in [0.15, 0.2) is 30.3 Å². The Bertz CT molecular complexity index is 694. The van der Waals surface area contributed by atoms with E-state index in [9.17, 15) is 4.79 Å². The van der Waals surface area contributed by atoms with Gasteiger partial charge in [0.1, 0.15) is 0 Å². The number of hydrogen-bond acceptors (Lipinski definition) is 3. The van der Waals surface area contributed by atoms with Crippen molar-refractivity contribution >= 4 is 5.91 Å². The molecule has 5 nitrogen and oxygen atoms in total. The number of carbonyl (C=O) groups is 1. The lowest BCUT2D eigenvalue weighted by Gasteiger charge is -2.18. The number of nitrogens with zero attached hydrogens (tertiary/aromatic N) is 2. The molecule has 120 valence electrons. The molecule has 2 aromatic rings. The van der Waals surface area contributed by atoms with E-state index in [0.717, 1.165) is 56.7 Å². The van der Waals surface area contributed by atoms with Gasteiger partial charge in [0.05, 0.1) is 0 Å². The first kappa shape index (κ1) is 14.5. The van der Waals surface area contributed by atoms with Gasteiger partial charge in [-0.15, -0.1) is 0 Å². The molecule has 0 aliphatic carbocycles. The second-order valence-electron chi connectivity index (χ2n) is 6.55. The number of hydrogen-bond donors (Lipinski definition) is 2. The minimum absolute atomic E-state index is 0.0850. The number of amides is 1. The summed E-state index contributed by atoms with van der Waals surface area (Å²) in [6, 6.07) is 10.5. The summed E-state index contributed by atoms with van der Waals surface area (Å²) in [4.78, 5) is 14.8. The Hall–Kier alpha value is -2.14. The third-order valence-electron chi connectivity index (χ3n) is 4.95. The van der Waals surface area contributed by atoms with Gasteiger partial charge in [-0.3, -0.25) is 9.89 Å². The molecule has 23 heavy (non-hydrogen) atoms. The van der Waals surface area contributed by atoms with Crippen LogP contribution in [-0.4, -0.2) is 40.6 Å². The van der Waals surface area contributed by atoms with E-state index < -0.39 is 0 Å². The molecule has 1 aromatic carbocycles. The van der Waals surface area contributed by atoms with Crippen LogP contribution in [-0.2, 0) is 19.4 Å². The van der Waals surface area contributed by atoms with Crippen molar-refractivity contribution in [3.05, 3.63) is 52.8 Å². The van der Waals surface area contributed by atoms with Gasteiger partial charge in [-0.05, 0) is 24.3 Å². The Morgan fingerprint density at radius 3 is 3.04 bits per heavy atom. The largest absolute Gasteiger partial charge is 0.337 e. The summed E-state index contributed by atoms with van der Waals surface area (Å²) in [6.07, 6.45) is 3.04. The predicted molar refractivity (Wildman–Crippen MR) is 88.2 cm³/mol. The van der Waals surface area contributed by atoms with Gasteiger partial charge in [-0.1, -0.05) is 30.3 Å². The minimum atomic E-state index is 0.0850. The second-order valence-corrected chi connectivity index (χ2v) is 6.55. The standard InChI is InChI=1S/C18H22N4O/c23-18(17-15-11-19-8-6-16(15)20-21-17)22-9-7-14(12-22)10-13-4-2-1-3-5-13/h1-5,14,19H,6-12H2,(H,20,21). The minimum Gasteiger partial charge on any atom is -0.337 e. The average molecular weight is 310 g/mol. The third-order valence-corrected chi connectivity index (χ3v) is 4.95. The summed E-state index contributed by atoms with van der Waals surface area (Å²) in [5.41, 5.74) is 4.15. The number of aromatic amines is 1. The van der Waals surface area contributed by atoms with Gasteiger partial charge < -0.3 is 10.2 Å². The number of nitrogens with one attached hydrogen (secondary N) is 2. The summed E-state index contributed by atoms with van der Waals surface area (Å²) in [5.74, 6) is 0.635. The predicted octanol–water partition coefficient (Wildman–Crippen LogP) is 1.76. The molecule has 2 aliphatic rings. The van der Waals surface area contributed by atoms with Crippen LogP contribution in [0.25, 0.3) is 0 Å². The number of benzene rings is 1. The van der Waals surface area contributed by atoms with Crippen LogP contribution in [0.4, 0.5) is 0 Å². The van der Waals surface area contributed by atoms with Crippen molar-refractivity contribution in [2.24, 2.45) is 5.92 Å². The monoisotopic (exact) mass is 310 g/mol. The van der Waals surface area contributed by atoms with Crippen LogP contribution < -0.4 is 5.32 Å². The molecule has 3 heterocycles. The van der Waals surface area contributed by atoms with Crippen LogP contribution in [0.5, 0.6) is 0 Å². The van der Waals surface area contributed by atoms with Crippen molar-refractivity contribution in [2.75, 3.05) is 19.6 Å². The van der Waals surface area contributed by atoms with Crippen molar-refractivity contribution in [1.82, 2.24) is 20.4 Å². The molecule has 0 radical (unpaired) electrons. The Labute approximate surface area is 136 Å². The Morgan fingerprint density at radius 2 is 2.17 bits per heavy atom. The lowest BCUT2D eigenvalue weighted by molar-refractivity contribution is 0.0780. The zero-order valence-corrected chi connectivity index (χ0v) is 13.2. The van der Waals surface area contributed by atoms with Crippen molar-refractivity contribution in [2.45, 2.75) is 25.8 Å². The molecular weight excluding hydrogens is 288 g/mol. The normalized spacial score (nSPS) is 20.5. The van der Waals surface area contributed by atoms with Crippen LogP contribution >= 0.6 is 0 Å². The van der Waals surface area contributed by atoms with Gasteiger partial charge in [-0.25, -0.2) is 0 Å². The number of likely N-dealkylation sites (tertiary alicyclic amines) is 1. The average Bonchev–Trinajstić information content (AvgIpc) is 3.22. The van der Waals surface area contributed by atoms with Crippen molar-refractivity contribution in [3.8, 4) is 0 Å². The zero-order chi connectivity index (χ0) is 15.6. The van der Waals surface area contributed by atoms with E-state index in [-0.39, 0.29) is 5.91 Å². The fourth-order valence-corrected chi connectivity index (χ4v) is 3.68. The smallest absolute Gasteiger partial charge is 0.274 e. The van der Waals surface area contributed by atoms with Crippen LogP contribution in [0.3, 0.4) is 0 Å². The number of fused-ring (bicyclic) bond motifs is 1. The molecule has 1 saturated heterocycles. The first-order chi connectivity index (χ1) is 11.3. The van der Waals surface area contributed by atoms with Crippen molar-refractivity contribution < 1.29 is 4.79 Å². The maximum Gasteiger partial charge on any atom is 0.274 e. The Morgan fingerprint density at radius 1 is 1.30 bits per heavy atom. The fraction of sp³-hybridized carbons (Fsp3) is 0.444. The quantitative estimate of drug-likeness (QED) is 0.908. The highest BCUT2D eigenvalue weighted by Gasteiger charge is 2.30. The van der Waals surface area contributed by atoms with Gasteiger partial charge >= 0.3 is 0 Å². The highest BCUT2D eigenvalue weighted by Crippen LogP contribution is 2.24. The molecule has 1 unspecified atom stereocenters. The van der Waals surface area contributed by atoms with Crippen molar-refractivity contribution in [1.29, 1.82) is 0 Å². The van der Waals surface area contributed by atoms with Crippen LogP contribution in [0.2, 0.25) is 0 Å². The molecule has 4 rings (SSSR count). The third kappa shape index (κ3) is 2.88. The molecule has 0 bridgehead atoms. The van der Waals surface area contributed by atoms with E-state index in [4.69, 9.17) is 0 Å². The number of H-pyrrole nitrogens is 1. The number of carbonyl (C=O) groups excluding carboxylic acids is 1. The molecule has 2 aliphatic heterocycles. The maximum absolute atomic E-state index is 12.8. The molecule has 1 aromatic heterocycles. The number of rotatable bonds is 3. The topological polar surface area (TPSA) is 61.0 Å². The summed E-state index contributed by atoms with van der Waals surface area (Å²) in [7, 11) is 0. The second kappa shape index (κ2) is 6.16. The van der Waals surface area contributed by atoms with E-state index in [1.165, 1.54) is 5.56 Å². The fourth-order valence-electron chi connectivity index (χ4n) is 3.68. The SMILES string of the molecule is O=C(c1n[nH]c2c1CNCC2)N1CCC(Cc2ccccc2)C1. The highest BCUT2D eigenvalue weighted by atomic mass is 16.2. The molecule has 1 amide bonds. The Kier molecular flexibility index (Phi) is 3.87. The maximum atomic E-state index is 12.8. The first-order valence-corrected chi connectivity index (χ1v) is 8.41. The molecule has 0 saturated carbocycles. The molecule has 5 heteroatoms. The van der Waals surface area contributed by atoms with E-state index in [2.05, 4.69) is 39.8 Å².